The maximum absolute atomic E-state index is 13.5. The molecule has 1 aliphatic heterocycles. The van der Waals surface area contributed by atoms with Crippen molar-refractivity contribution in [2.45, 2.75) is 25.9 Å². The number of carbonyl (C=O) groups excluding carboxylic acids is 2. The van der Waals surface area contributed by atoms with Crippen LogP contribution in [-0.2, 0) is 4.79 Å². The molecule has 4 nitrogen and oxygen atoms in total. The second-order valence-corrected chi connectivity index (χ2v) is 5.13. The van der Waals surface area contributed by atoms with Crippen molar-refractivity contribution < 1.29 is 23.5 Å². The summed E-state index contributed by atoms with van der Waals surface area (Å²) in [7, 11) is 0. The fourth-order valence-electron chi connectivity index (χ4n) is 1.94. The number of fused-ring (bicyclic) bond motifs is 1. The quantitative estimate of drug-likeness (QED) is 0.849. The fourth-order valence-corrected chi connectivity index (χ4v) is 1.94. The molecular weight excluding hydrogens is 256 g/mol. The van der Waals surface area contributed by atoms with E-state index in [1.807, 2.05) is 0 Å². The molecule has 0 unspecified atom stereocenters. The highest BCUT2D eigenvalue weighted by Gasteiger charge is 2.39. The molecule has 0 spiro atoms. The Morgan fingerprint density at radius 1 is 1.26 bits per heavy atom. The summed E-state index contributed by atoms with van der Waals surface area (Å²) in [6.45, 7) is 3.11. The van der Waals surface area contributed by atoms with Gasteiger partial charge >= 0.3 is 0 Å². The van der Waals surface area contributed by atoms with Gasteiger partial charge in [-0.15, -0.1) is 0 Å². The molecule has 1 aliphatic rings. The van der Waals surface area contributed by atoms with Gasteiger partial charge in [0.2, 0.25) is 0 Å². The summed E-state index contributed by atoms with van der Waals surface area (Å²) >= 11 is 0. The van der Waals surface area contributed by atoms with E-state index < -0.39 is 34.5 Å². The van der Waals surface area contributed by atoms with Crippen molar-refractivity contribution >= 4 is 17.4 Å². The number of hydrogen-bond acceptors (Lipinski definition) is 3. The van der Waals surface area contributed by atoms with Crippen molar-refractivity contribution in [3.63, 3.8) is 0 Å². The Kier molecular flexibility index (Phi) is 3.14. The standard InChI is InChI=1S/C13H13F2NO3/c1-13(2,19)3-4-16-9-6-7(14)5-8(15)10(9)11(17)12(16)18/h5-6,19H,3-4H2,1-2H3. The van der Waals surface area contributed by atoms with E-state index in [1.165, 1.54) is 0 Å². The first-order chi connectivity index (χ1) is 8.70. The van der Waals surface area contributed by atoms with Crippen LogP contribution in [0.4, 0.5) is 14.5 Å². The van der Waals surface area contributed by atoms with Gasteiger partial charge in [0.15, 0.2) is 0 Å². The number of benzene rings is 1. The van der Waals surface area contributed by atoms with E-state index in [1.54, 1.807) is 13.8 Å². The van der Waals surface area contributed by atoms with Gasteiger partial charge in [0.25, 0.3) is 11.7 Å². The minimum Gasteiger partial charge on any atom is -0.390 e. The van der Waals surface area contributed by atoms with Crippen LogP contribution in [0.5, 0.6) is 0 Å². The number of ketones is 1. The van der Waals surface area contributed by atoms with Crippen LogP contribution >= 0.6 is 0 Å². The molecule has 0 fully saturated rings. The fraction of sp³-hybridized carbons (Fsp3) is 0.385. The lowest BCUT2D eigenvalue weighted by Gasteiger charge is -2.22. The van der Waals surface area contributed by atoms with Gasteiger partial charge in [-0.05, 0) is 26.3 Å². The number of rotatable bonds is 3. The molecule has 0 saturated carbocycles. The zero-order chi connectivity index (χ0) is 14.4. The minimum absolute atomic E-state index is 0.0178. The third-order valence-electron chi connectivity index (χ3n) is 2.94. The average molecular weight is 269 g/mol. The Hall–Kier alpha value is -1.82. The number of hydrogen-bond donors (Lipinski definition) is 1. The zero-order valence-electron chi connectivity index (χ0n) is 10.5. The molecular formula is C13H13F2NO3. The van der Waals surface area contributed by atoms with E-state index in [4.69, 9.17) is 0 Å². The predicted molar refractivity (Wildman–Crippen MR) is 64.0 cm³/mol. The van der Waals surface area contributed by atoms with E-state index in [9.17, 15) is 23.5 Å². The van der Waals surface area contributed by atoms with Crippen LogP contribution < -0.4 is 4.90 Å². The Labute approximate surface area is 108 Å². The molecule has 19 heavy (non-hydrogen) atoms. The third kappa shape index (κ3) is 2.49. The van der Waals surface area contributed by atoms with Crippen molar-refractivity contribution in [3.8, 4) is 0 Å². The van der Waals surface area contributed by atoms with E-state index in [0.29, 0.717) is 6.07 Å². The lowest BCUT2D eigenvalue weighted by molar-refractivity contribution is -0.114. The number of halogens is 2. The van der Waals surface area contributed by atoms with Gasteiger partial charge in [0.1, 0.15) is 11.6 Å². The summed E-state index contributed by atoms with van der Waals surface area (Å²) in [5.74, 6) is -3.78. The average Bonchev–Trinajstić information content (AvgIpc) is 2.48. The van der Waals surface area contributed by atoms with Gasteiger partial charge in [-0.2, -0.15) is 0 Å². The van der Waals surface area contributed by atoms with Gasteiger partial charge in [-0.25, -0.2) is 8.78 Å². The van der Waals surface area contributed by atoms with E-state index in [-0.39, 0.29) is 18.7 Å². The molecule has 1 aromatic carbocycles. The molecule has 0 aliphatic carbocycles. The molecule has 1 amide bonds. The molecule has 0 radical (unpaired) electrons. The molecule has 1 heterocycles. The number of nitrogens with zero attached hydrogens (tertiary/aromatic N) is 1. The molecule has 0 aromatic heterocycles. The number of Topliss-reactive ketones (excluding diaryl/α,β-unsaturated/α-hetero) is 1. The van der Waals surface area contributed by atoms with Gasteiger partial charge in [0, 0.05) is 12.6 Å². The van der Waals surface area contributed by atoms with Crippen LogP contribution in [0.25, 0.3) is 0 Å². The maximum Gasteiger partial charge on any atom is 0.299 e. The lowest BCUT2D eigenvalue weighted by atomic mass is 10.1. The molecule has 0 bridgehead atoms. The number of anilines is 1. The van der Waals surface area contributed by atoms with E-state index >= 15 is 0 Å². The second-order valence-electron chi connectivity index (χ2n) is 5.13. The molecule has 0 atom stereocenters. The van der Waals surface area contributed by atoms with Crippen molar-refractivity contribution in [1.82, 2.24) is 0 Å². The van der Waals surface area contributed by atoms with E-state index in [0.717, 1.165) is 11.0 Å². The van der Waals surface area contributed by atoms with Crippen LogP contribution in [0, 0.1) is 11.6 Å². The normalized spacial score (nSPS) is 15.1. The minimum atomic E-state index is -1.04. The first-order valence-corrected chi connectivity index (χ1v) is 5.78. The molecule has 2 rings (SSSR count). The van der Waals surface area contributed by atoms with Crippen LogP contribution in [0.1, 0.15) is 30.6 Å². The predicted octanol–water partition coefficient (Wildman–Crippen LogP) is 1.66. The molecule has 0 saturated heterocycles. The first kappa shape index (κ1) is 13.6. The lowest BCUT2D eigenvalue weighted by Crippen LogP contribution is -2.34. The summed E-state index contributed by atoms with van der Waals surface area (Å²) in [5, 5.41) is 9.62. The Morgan fingerprint density at radius 2 is 1.89 bits per heavy atom. The number of amides is 1. The van der Waals surface area contributed by atoms with Crippen molar-refractivity contribution in [3.05, 3.63) is 29.3 Å². The highest BCUT2D eigenvalue weighted by Crippen LogP contribution is 2.32. The van der Waals surface area contributed by atoms with Crippen LogP contribution in [0.15, 0.2) is 12.1 Å². The first-order valence-electron chi connectivity index (χ1n) is 5.78. The summed E-state index contributed by atoms with van der Waals surface area (Å²) in [6, 6.07) is 1.52. The number of carbonyl (C=O) groups is 2. The highest BCUT2D eigenvalue weighted by atomic mass is 19.1. The molecule has 1 N–H and O–H groups in total. The van der Waals surface area contributed by atoms with Gasteiger partial charge in [-0.1, -0.05) is 0 Å². The summed E-state index contributed by atoms with van der Waals surface area (Å²) < 4.78 is 26.7. The topological polar surface area (TPSA) is 57.6 Å². The zero-order valence-corrected chi connectivity index (χ0v) is 10.5. The van der Waals surface area contributed by atoms with Gasteiger partial charge < -0.3 is 10.0 Å². The third-order valence-corrected chi connectivity index (χ3v) is 2.94. The van der Waals surface area contributed by atoms with Gasteiger partial charge in [0.05, 0.1) is 16.9 Å². The largest absolute Gasteiger partial charge is 0.390 e. The Balaban J connectivity index is 2.39. The smallest absolute Gasteiger partial charge is 0.299 e. The van der Waals surface area contributed by atoms with Crippen molar-refractivity contribution in [2.75, 3.05) is 11.4 Å². The molecule has 1 aromatic rings. The molecule has 6 heteroatoms. The van der Waals surface area contributed by atoms with Crippen LogP contribution in [0.3, 0.4) is 0 Å². The SMILES string of the molecule is CC(C)(O)CCN1C(=O)C(=O)c2c(F)cc(F)cc21. The summed E-state index contributed by atoms with van der Waals surface area (Å²) in [4.78, 5) is 24.4. The van der Waals surface area contributed by atoms with Crippen molar-refractivity contribution in [1.29, 1.82) is 0 Å². The highest BCUT2D eigenvalue weighted by molar-refractivity contribution is 6.52. The van der Waals surface area contributed by atoms with Crippen molar-refractivity contribution in [2.24, 2.45) is 0 Å². The Morgan fingerprint density at radius 3 is 2.47 bits per heavy atom. The summed E-state index contributed by atoms with van der Waals surface area (Å²) in [6.07, 6.45) is 0.184. The molecule has 102 valence electrons. The van der Waals surface area contributed by atoms with Gasteiger partial charge in [-0.3, -0.25) is 9.59 Å². The summed E-state index contributed by atoms with van der Waals surface area (Å²) in [5.41, 5.74) is -1.52. The van der Waals surface area contributed by atoms with E-state index in [2.05, 4.69) is 0 Å². The Bertz CT molecular complexity index is 564. The van der Waals surface area contributed by atoms with Crippen LogP contribution in [0.2, 0.25) is 0 Å². The second kappa shape index (κ2) is 4.38. The maximum atomic E-state index is 13.5. The van der Waals surface area contributed by atoms with Crippen LogP contribution in [-0.4, -0.2) is 28.9 Å². The number of aliphatic hydroxyl groups is 1. The monoisotopic (exact) mass is 269 g/mol.